The van der Waals surface area contributed by atoms with Crippen LogP contribution in [0, 0.1) is 5.92 Å². The first-order valence-corrected chi connectivity index (χ1v) is 8.36. The normalized spacial score (nSPS) is 15.6. The fourth-order valence-electron chi connectivity index (χ4n) is 3.16. The summed E-state index contributed by atoms with van der Waals surface area (Å²) in [6, 6.07) is 3.85. The van der Waals surface area contributed by atoms with E-state index in [1.54, 1.807) is 7.11 Å². The van der Waals surface area contributed by atoms with Crippen molar-refractivity contribution in [3.05, 3.63) is 35.9 Å². The molecule has 0 atom stereocenters. The molecule has 6 nitrogen and oxygen atoms in total. The fourth-order valence-corrected chi connectivity index (χ4v) is 3.16. The SMILES string of the molecule is C=C(/C=C(\C)C1CCNCC1)c1cc(OC)c2c(N)noc2c1.CO. The highest BCUT2D eigenvalue weighted by atomic mass is 16.5. The first kappa shape index (κ1) is 19.0. The first-order valence-electron chi connectivity index (χ1n) is 8.36. The van der Waals surface area contributed by atoms with E-state index in [9.17, 15) is 0 Å². The Labute approximate surface area is 148 Å². The van der Waals surface area contributed by atoms with E-state index in [4.69, 9.17) is 20.1 Å². The Hall–Kier alpha value is -2.31. The number of benzene rings is 1. The molecule has 1 fully saturated rings. The van der Waals surface area contributed by atoms with Crippen molar-refractivity contribution >= 4 is 22.4 Å². The van der Waals surface area contributed by atoms with Gasteiger partial charge in [0, 0.05) is 7.11 Å². The highest BCUT2D eigenvalue weighted by molar-refractivity contribution is 5.95. The molecule has 6 heteroatoms. The average Bonchev–Trinajstić information content (AvgIpc) is 3.04. The van der Waals surface area contributed by atoms with Crippen LogP contribution in [0.25, 0.3) is 16.5 Å². The summed E-state index contributed by atoms with van der Waals surface area (Å²) in [6.45, 7) is 8.56. The van der Waals surface area contributed by atoms with E-state index in [1.807, 2.05) is 12.1 Å². The Morgan fingerprint density at radius 3 is 2.72 bits per heavy atom. The zero-order chi connectivity index (χ0) is 18.4. The number of nitrogens with one attached hydrogen (secondary N) is 1. The highest BCUT2D eigenvalue weighted by Gasteiger charge is 2.16. The van der Waals surface area contributed by atoms with Crippen molar-refractivity contribution in [3.63, 3.8) is 0 Å². The molecule has 4 N–H and O–H groups in total. The molecule has 2 aromatic rings. The van der Waals surface area contributed by atoms with Crippen molar-refractivity contribution in [2.75, 3.05) is 33.0 Å². The summed E-state index contributed by atoms with van der Waals surface area (Å²) in [6.07, 6.45) is 4.52. The molecule has 25 heavy (non-hydrogen) atoms. The van der Waals surface area contributed by atoms with Crippen LogP contribution in [0.5, 0.6) is 5.75 Å². The molecule has 0 amide bonds. The zero-order valence-corrected chi connectivity index (χ0v) is 15.1. The number of aromatic nitrogens is 1. The molecule has 3 rings (SSSR count). The lowest BCUT2D eigenvalue weighted by atomic mass is 9.89. The van der Waals surface area contributed by atoms with Crippen molar-refractivity contribution in [1.29, 1.82) is 0 Å². The number of nitrogen functional groups attached to an aromatic ring is 1. The molecule has 0 unspecified atom stereocenters. The number of allylic oxidation sites excluding steroid dienone is 3. The number of methoxy groups -OCH3 is 1. The summed E-state index contributed by atoms with van der Waals surface area (Å²) in [5.74, 6) is 1.63. The number of rotatable bonds is 4. The lowest BCUT2D eigenvalue weighted by molar-refractivity contribution is 0.399. The molecular weight excluding hydrogens is 318 g/mol. The number of piperidine rings is 1. The molecule has 1 aliphatic heterocycles. The Morgan fingerprint density at radius 2 is 2.08 bits per heavy atom. The van der Waals surface area contributed by atoms with Crippen LogP contribution in [-0.2, 0) is 0 Å². The largest absolute Gasteiger partial charge is 0.496 e. The van der Waals surface area contributed by atoms with Gasteiger partial charge in [-0.15, -0.1) is 0 Å². The Kier molecular flexibility index (Phi) is 6.61. The Bertz CT molecular complexity index is 759. The van der Waals surface area contributed by atoms with Gasteiger partial charge in [-0.3, -0.25) is 0 Å². The highest BCUT2D eigenvalue weighted by Crippen LogP contribution is 2.34. The number of hydrogen-bond acceptors (Lipinski definition) is 6. The van der Waals surface area contributed by atoms with Gasteiger partial charge in [-0.05, 0) is 62.0 Å². The monoisotopic (exact) mass is 345 g/mol. The predicted molar refractivity (Wildman–Crippen MR) is 102 cm³/mol. The fraction of sp³-hybridized carbons (Fsp3) is 0.421. The maximum absolute atomic E-state index is 7.00. The summed E-state index contributed by atoms with van der Waals surface area (Å²) in [5, 5.41) is 14.9. The topological polar surface area (TPSA) is 93.5 Å². The summed E-state index contributed by atoms with van der Waals surface area (Å²) < 4.78 is 10.7. The molecular formula is C19H27N3O3. The number of nitrogens with two attached hydrogens (primary N) is 1. The molecule has 1 aromatic heterocycles. The Balaban J connectivity index is 0.00000109. The first-order chi connectivity index (χ1) is 12.1. The Morgan fingerprint density at radius 1 is 1.40 bits per heavy atom. The van der Waals surface area contributed by atoms with Gasteiger partial charge in [0.1, 0.15) is 11.1 Å². The van der Waals surface area contributed by atoms with E-state index in [2.05, 4.69) is 30.1 Å². The lowest BCUT2D eigenvalue weighted by Crippen LogP contribution is -2.28. The second-order valence-electron chi connectivity index (χ2n) is 6.06. The quantitative estimate of drug-likeness (QED) is 0.738. The van der Waals surface area contributed by atoms with Gasteiger partial charge >= 0.3 is 0 Å². The van der Waals surface area contributed by atoms with Crippen molar-refractivity contribution in [3.8, 4) is 5.75 Å². The number of ether oxygens (including phenoxy) is 1. The number of hydrogen-bond donors (Lipinski definition) is 3. The second-order valence-corrected chi connectivity index (χ2v) is 6.06. The maximum atomic E-state index is 7.00. The van der Waals surface area contributed by atoms with Gasteiger partial charge < -0.3 is 25.4 Å². The van der Waals surface area contributed by atoms with E-state index < -0.39 is 0 Å². The minimum atomic E-state index is 0.343. The molecule has 1 saturated heterocycles. The van der Waals surface area contributed by atoms with Crippen molar-refractivity contribution in [2.45, 2.75) is 19.8 Å². The average molecular weight is 345 g/mol. The molecule has 0 radical (unpaired) electrons. The van der Waals surface area contributed by atoms with Crippen LogP contribution in [0.2, 0.25) is 0 Å². The van der Waals surface area contributed by atoms with E-state index in [-0.39, 0.29) is 0 Å². The van der Waals surface area contributed by atoms with Gasteiger partial charge in [0.15, 0.2) is 11.4 Å². The van der Waals surface area contributed by atoms with E-state index in [0.717, 1.165) is 31.3 Å². The summed E-state index contributed by atoms with van der Waals surface area (Å²) in [7, 11) is 2.61. The molecule has 2 heterocycles. The van der Waals surface area contributed by atoms with Crippen LogP contribution >= 0.6 is 0 Å². The number of anilines is 1. The van der Waals surface area contributed by atoms with Gasteiger partial charge in [0.25, 0.3) is 0 Å². The lowest BCUT2D eigenvalue weighted by Gasteiger charge is -2.23. The second kappa shape index (κ2) is 8.69. The maximum Gasteiger partial charge on any atom is 0.178 e. The molecule has 0 saturated carbocycles. The van der Waals surface area contributed by atoms with Gasteiger partial charge in [0.2, 0.25) is 0 Å². The number of aliphatic hydroxyl groups is 1. The number of aliphatic hydroxyl groups excluding tert-OH is 1. The van der Waals surface area contributed by atoms with Crippen molar-refractivity contribution in [1.82, 2.24) is 10.5 Å². The molecule has 0 bridgehead atoms. The van der Waals surface area contributed by atoms with Gasteiger partial charge in [-0.2, -0.15) is 0 Å². The molecule has 1 aliphatic rings. The van der Waals surface area contributed by atoms with Crippen LogP contribution in [0.15, 0.2) is 34.9 Å². The predicted octanol–water partition coefficient (Wildman–Crippen LogP) is 2.99. The third-order valence-electron chi connectivity index (χ3n) is 4.54. The third kappa shape index (κ3) is 4.21. The molecule has 1 aromatic carbocycles. The molecule has 136 valence electrons. The van der Waals surface area contributed by atoms with Crippen LogP contribution in [0.4, 0.5) is 5.82 Å². The third-order valence-corrected chi connectivity index (χ3v) is 4.54. The summed E-state index contributed by atoms with van der Waals surface area (Å²) >= 11 is 0. The summed E-state index contributed by atoms with van der Waals surface area (Å²) in [4.78, 5) is 0. The van der Waals surface area contributed by atoms with E-state index >= 15 is 0 Å². The number of nitrogens with zero attached hydrogens (tertiary/aromatic N) is 1. The van der Waals surface area contributed by atoms with Crippen molar-refractivity contribution < 1.29 is 14.4 Å². The van der Waals surface area contributed by atoms with Crippen LogP contribution in [-0.4, -0.2) is 37.6 Å². The van der Waals surface area contributed by atoms with Gasteiger partial charge in [-0.25, -0.2) is 0 Å². The van der Waals surface area contributed by atoms with Gasteiger partial charge in [0.05, 0.1) is 7.11 Å². The minimum Gasteiger partial charge on any atom is -0.496 e. The van der Waals surface area contributed by atoms with Gasteiger partial charge in [-0.1, -0.05) is 23.4 Å². The van der Waals surface area contributed by atoms with Crippen LogP contribution < -0.4 is 15.8 Å². The zero-order valence-electron chi connectivity index (χ0n) is 15.1. The minimum absolute atomic E-state index is 0.343. The number of fused-ring (bicyclic) bond motifs is 1. The van der Waals surface area contributed by atoms with Crippen LogP contribution in [0.3, 0.4) is 0 Å². The van der Waals surface area contributed by atoms with Crippen LogP contribution in [0.1, 0.15) is 25.3 Å². The van der Waals surface area contributed by atoms with Crippen molar-refractivity contribution in [2.24, 2.45) is 5.92 Å². The smallest absolute Gasteiger partial charge is 0.178 e. The van der Waals surface area contributed by atoms with E-state index in [1.165, 1.54) is 18.4 Å². The molecule has 0 aliphatic carbocycles. The van der Waals surface area contributed by atoms with E-state index in [0.29, 0.717) is 28.5 Å². The summed E-state index contributed by atoms with van der Waals surface area (Å²) in [5.41, 5.74) is 9.71. The standard InChI is InChI=1S/C18H23N3O2.CH4O/c1-11(13-4-6-20-7-5-13)8-12(2)14-9-15(22-3)17-16(10-14)23-21-18(17)19;1-2/h8-10,13,20H,2,4-7H2,1,3H3,(H2,19,21);2H,1H3/b11-8+;. The molecule has 0 spiro atoms.